The predicted octanol–water partition coefficient (Wildman–Crippen LogP) is 4.76. The van der Waals surface area contributed by atoms with Crippen LogP contribution in [0, 0.1) is 12.8 Å². The van der Waals surface area contributed by atoms with Crippen molar-refractivity contribution >= 4 is 29.1 Å². The Bertz CT molecular complexity index is 964. The molecular weight excluding hydrogens is 392 g/mol. The molecule has 1 aliphatic rings. The molecule has 0 atom stereocenters. The maximum Gasteiger partial charge on any atom is 0.211 e. The molecule has 168 valence electrons. The molecule has 0 radical (unpaired) electrons. The number of imidazole rings is 1. The molecule has 0 aliphatic heterocycles. The Balaban J connectivity index is 0.000000226. The highest BCUT2D eigenvalue weighted by atomic mass is 16.5. The first-order valence-corrected chi connectivity index (χ1v) is 10.8. The van der Waals surface area contributed by atoms with Crippen LogP contribution in [-0.2, 0) is 4.79 Å². The van der Waals surface area contributed by atoms with Crippen LogP contribution in [0.1, 0.15) is 58.3 Å². The number of ether oxygens (including phenoxy) is 1. The number of benzene rings is 1. The number of fused-ring (bicyclic) bond motifs is 1. The van der Waals surface area contributed by atoms with Crippen LogP contribution in [0.15, 0.2) is 30.6 Å². The first-order chi connectivity index (χ1) is 15.0. The Hall–Kier alpha value is -3.16. The van der Waals surface area contributed by atoms with Crippen LogP contribution in [0.4, 0.5) is 11.5 Å². The molecule has 4 rings (SSSR count). The first-order valence-electron chi connectivity index (χ1n) is 10.8. The van der Waals surface area contributed by atoms with Crippen molar-refractivity contribution in [1.82, 2.24) is 19.5 Å². The van der Waals surface area contributed by atoms with E-state index in [0.717, 1.165) is 28.5 Å². The lowest BCUT2D eigenvalue weighted by Crippen LogP contribution is -2.16. The third-order valence-electron chi connectivity index (χ3n) is 5.23. The molecule has 2 heterocycles. The smallest absolute Gasteiger partial charge is 0.211 e. The highest BCUT2D eigenvalue weighted by molar-refractivity contribution is 5.81. The number of rotatable bonds is 4. The van der Waals surface area contributed by atoms with Gasteiger partial charge in [-0.15, -0.1) is 0 Å². The Morgan fingerprint density at radius 3 is 2.55 bits per heavy atom. The lowest BCUT2D eigenvalue weighted by molar-refractivity contribution is -0.105. The summed E-state index contributed by atoms with van der Waals surface area (Å²) in [5.41, 5.74) is 8.25. The second-order valence-electron chi connectivity index (χ2n) is 7.39. The van der Waals surface area contributed by atoms with Crippen molar-refractivity contribution in [3.63, 3.8) is 0 Å². The summed E-state index contributed by atoms with van der Waals surface area (Å²) in [7, 11) is 1.58. The van der Waals surface area contributed by atoms with Crippen molar-refractivity contribution in [2.75, 3.05) is 18.2 Å². The fraction of sp³-hybridized carbons (Fsp3) is 0.478. The number of carbonyl (C=O) groups is 1. The van der Waals surface area contributed by atoms with Crippen LogP contribution in [0.3, 0.4) is 0 Å². The molecule has 2 aromatic heterocycles. The molecule has 1 amide bonds. The minimum absolute atomic E-state index is 0.487. The van der Waals surface area contributed by atoms with Gasteiger partial charge < -0.3 is 20.4 Å². The summed E-state index contributed by atoms with van der Waals surface area (Å²) in [4.78, 5) is 23.1. The van der Waals surface area contributed by atoms with Crippen LogP contribution in [0.25, 0.3) is 11.2 Å². The highest BCUT2D eigenvalue weighted by Gasteiger charge is 2.22. The third kappa shape index (κ3) is 6.41. The number of hydrogen-bond acceptors (Lipinski definition) is 6. The number of amides is 1. The zero-order chi connectivity index (χ0) is 22.8. The van der Waals surface area contributed by atoms with E-state index in [0.29, 0.717) is 24.1 Å². The van der Waals surface area contributed by atoms with Gasteiger partial charge in [-0.05, 0) is 50.7 Å². The number of nitrogens with zero attached hydrogens (tertiary/aromatic N) is 4. The largest absolute Gasteiger partial charge is 0.497 e. The standard InChI is InChI=1S/C13H19N5.C8H9NO2.C2H6/c1-8-3-5-10(6-4-8)18-7-15-11-12(14)16-9(2)17-13(11)18;1-11-8-4-2-3-7(5-8)9-6-10;1-2/h7-8,10H,3-6H2,1-2H3,(H2,14,16,17);2-6H,1H3,(H,9,10);1-2H3. The maximum absolute atomic E-state index is 10.0. The van der Waals surface area contributed by atoms with Gasteiger partial charge in [0.2, 0.25) is 6.41 Å². The van der Waals surface area contributed by atoms with E-state index in [1.165, 1.54) is 25.7 Å². The van der Waals surface area contributed by atoms with Crippen molar-refractivity contribution in [3.05, 3.63) is 36.4 Å². The monoisotopic (exact) mass is 426 g/mol. The number of carbonyl (C=O) groups excluding carboxylic acids is 1. The molecule has 1 aromatic carbocycles. The van der Waals surface area contributed by atoms with E-state index in [1.807, 2.05) is 39.2 Å². The fourth-order valence-corrected chi connectivity index (χ4v) is 3.62. The van der Waals surface area contributed by atoms with Crippen LogP contribution >= 0.6 is 0 Å². The molecule has 0 bridgehead atoms. The lowest BCUT2D eigenvalue weighted by atomic mass is 9.87. The van der Waals surface area contributed by atoms with Crippen molar-refractivity contribution in [3.8, 4) is 5.75 Å². The van der Waals surface area contributed by atoms with Crippen LogP contribution < -0.4 is 15.8 Å². The molecule has 1 fully saturated rings. The zero-order valence-corrected chi connectivity index (χ0v) is 19.1. The van der Waals surface area contributed by atoms with Gasteiger partial charge in [0.05, 0.1) is 13.4 Å². The summed E-state index contributed by atoms with van der Waals surface area (Å²) in [6.07, 6.45) is 7.48. The molecule has 1 aliphatic carbocycles. The Labute approximate surface area is 184 Å². The van der Waals surface area contributed by atoms with Crippen LogP contribution in [0.5, 0.6) is 5.75 Å². The van der Waals surface area contributed by atoms with Gasteiger partial charge in [0.15, 0.2) is 11.5 Å². The van der Waals surface area contributed by atoms with Gasteiger partial charge in [0.25, 0.3) is 0 Å². The Morgan fingerprint density at radius 2 is 1.90 bits per heavy atom. The molecule has 8 heteroatoms. The number of aryl methyl sites for hydroxylation is 1. The second kappa shape index (κ2) is 11.9. The van der Waals surface area contributed by atoms with E-state index >= 15 is 0 Å². The molecular formula is C23H34N6O2. The van der Waals surface area contributed by atoms with Crippen molar-refractivity contribution in [2.24, 2.45) is 5.92 Å². The summed E-state index contributed by atoms with van der Waals surface area (Å²) in [5, 5.41) is 2.52. The molecule has 8 nitrogen and oxygen atoms in total. The number of methoxy groups -OCH3 is 1. The number of hydrogen-bond donors (Lipinski definition) is 2. The molecule has 0 saturated heterocycles. The van der Waals surface area contributed by atoms with E-state index in [9.17, 15) is 4.79 Å². The molecule has 3 N–H and O–H groups in total. The van der Waals surface area contributed by atoms with E-state index in [2.05, 4.69) is 31.8 Å². The van der Waals surface area contributed by atoms with Crippen molar-refractivity contribution in [1.29, 1.82) is 0 Å². The number of nitrogens with one attached hydrogen (secondary N) is 1. The second-order valence-corrected chi connectivity index (χ2v) is 7.39. The summed E-state index contributed by atoms with van der Waals surface area (Å²) >= 11 is 0. The average Bonchev–Trinajstić information content (AvgIpc) is 3.21. The van der Waals surface area contributed by atoms with Crippen LogP contribution in [-0.4, -0.2) is 33.0 Å². The molecule has 3 aromatic rings. The molecule has 1 saturated carbocycles. The summed E-state index contributed by atoms with van der Waals surface area (Å²) < 4.78 is 7.13. The van der Waals surface area contributed by atoms with E-state index < -0.39 is 0 Å². The molecule has 0 spiro atoms. The van der Waals surface area contributed by atoms with Gasteiger partial charge in [0.1, 0.15) is 17.1 Å². The summed E-state index contributed by atoms with van der Waals surface area (Å²) in [6.45, 7) is 8.20. The number of nitrogens with two attached hydrogens (primary N) is 1. The first kappa shape index (κ1) is 24.1. The van der Waals surface area contributed by atoms with Gasteiger partial charge in [-0.3, -0.25) is 4.79 Å². The van der Waals surface area contributed by atoms with E-state index in [4.69, 9.17) is 10.5 Å². The lowest BCUT2D eigenvalue weighted by Gasteiger charge is -2.27. The van der Waals surface area contributed by atoms with Crippen molar-refractivity contribution < 1.29 is 9.53 Å². The Kier molecular flexibility index (Phi) is 9.24. The van der Waals surface area contributed by atoms with Crippen molar-refractivity contribution in [2.45, 2.75) is 59.4 Å². The molecule has 31 heavy (non-hydrogen) atoms. The number of nitrogen functional groups attached to an aromatic ring is 1. The van der Waals surface area contributed by atoms with Gasteiger partial charge in [-0.2, -0.15) is 0 Å². The highest BCUT2D eigenvalue weighted by Crippen LogP contribution is 2.33. The van der Waals surface area contributed by atoms with E-state index in [-0.39, 0.29) is 0 Å². The maximum atomic E-state index is 10.0. The van der Waals surface area contributed by atoms with Gasteiger partial charge >= 0.3 is 0 Å². The minimum atomic E-state index is 0.487. The van der Waals surface area contributed by atoms with Gasteiger partial charge in [-0.25, -0.2) is 15.0 Å². The summed E-state index contributed by atoms with van der Waals surface area (Å²) in [6, 6.07) is 7.67. The van der Waals surface area contributed by atoms with E-state index in [1.54, 1.807) is 19.2 Å². The quantitative estimate of drug-likeness (QED) is 0.583. The topological polar surface area (TPSA) is 108 Å². The van der Waals surface area contributed by atoms with Gasteiger partial charge in [-0.1, -0.05) is 26.8 Å². The minimum Gasteiger partial charge on any atom is -0.497 e. The number of aromatic nitrogens is 4. The SMILES string of the molecule is CC.COc1cccc(NC=O)c1.Cc1nc(N)c2ncn(C3CCC(C)CC3)c2n1. The third-order valence-corrected chi connectivity index (χ3v) is 5.23. The van der Waals surface area contributed by atoms with Crippen LogP contribution in [0.2, 0.25) is 0 Å². The fourth-order valence-electron chi connectivity index (χ4n) is 3.62. The molecule has 0 unspecified atom stereocenters. The van der Waals surface area contributed by atoms with Gasteiger partial charge in [0, 0.05) is 17.8 Å². The summed E-state index contributed by atoms with van der Waals surface area (Å²) in [5.74, 6) is 2.78. The predicted molar refractivity (Wildman–Crippen MR) is 125 cm³/mol. The average molecular weight is 427 g/mol. The zero-order valence-electron chi connectivity index (χ0n) is 19.1. The normalized spacial score (nSPS) is 17.6. The number of anilines is 2. The Morgan fingerprint density at radius 1 is 1.19 bits per heavy atom.